The minimum atomic E-state index is -4.77. The molecule has 0 saturated carbocycles. The first-order valence-corrected chi connectivity index (χ1v) is 8.94. The summed E-state index contributed by atoms with van der Waals surface area (Å²) in [5, 5.41) is 5.99. The number of alkyl halides is 3. The van der Waals surface area contributed by atoms with E-state index in [1.165, 1.54) is 12.1 Å². The molecule has 0 saturated heterocycles. The van der Waals surface area contributed by atoms with Crippen LogP contribution in [0.5, 0.6) is 5.75 Å². The maximum absolute atomic E-state index is 12.6. The van der Waals surface area contributed by atoms with Gasteiger partial charge in [-0.05, 0) is 29.3 Å². The van der Waals surface area contributed by atoms with Crippen LogP contribution in [0.25, 0.3) is 10.9 Å². The van der Waals surface area contributed by atoms with Crippen molar-refractivity contribution in [3.63, 3.8) is 0 Å². The van der Waals surface area contributed by atoms with Gasteiger partial charge in [-0.15, -0.1) is 13.2 Å². The molecule has 5 N–H and O–H groups in total. The molecule has 7 nitrogen and oxygen atoms in total. The first-order chi connectivity index (χ1) is 14.2. The van der Waals surface area contributed by atoms with Crippen LogP contribution in [0.2, 0.25) is 0 Å². The van der Waals surface area contributed by atoms with Crippen LogP contribution in [0.1, 0.15) is 11.1 Å². The fourth-order valence-electron chi connectivity index (χ4n) is 3.02. The quantitative estimate of drug-likeness (QED) is 0.472. The molecule has 1 aromatic heterocycles. The number of aromatic nitrogens is 1. The van der Waals surface area contributed by atoms with E-state index in [0.29, 0.717) is 5.56 Å². The Morgan fingerprint density at radius 2 is 1.80 bits per heavy atom. The minimum Gasteiger partial charge on any atom is -0.406 e. The number of halogens is 3. The average molecular weight is 420 g/mol. The van der Waals surface area contributed by atoms with Gasteiger partial charge in [-0.25, -0.2) is 4.79 Å². The highest BCUT2D eigenvalue weighted by Gasteiger charge is 2.31. The smallest absolute Gasteiger partial charge is 0.406 e. The van der Waals surface area contributed by atoms with E-state index in [4.69, 9.17) is 5.73 Å². The molecule has 3 rings (SSSR count). The third kappa shape index (κ3) is 5.66. The number of nitrogens with two attached hydrogens (primary N) is 1. The number of amides is 3. The predicted octanol–water partition coefficient (Wildman–Crippen LogP) is 2.96. The zero-order chi connectivity index (χ0) is 21.7. The number of benzene rings is 2. The molecule has 158 valence electrons. The summed E-state index contributed by atoms with van der Waals surface area (Å²) in [5.41, 5.74) is 7.48. The van der Waals surface area contributed by atoms with Crippen molar-refractivity contribution in [2.75, 3.05) is 0 Å². The second-order valence-corrected chi connectivity index (χ2v) is 6.53. The van der Waals surface area contributed by atoms with E-state index in [-0.39, 0.29) is 18.7 Å². The Bertz CT molecular complexity index is 1030. The summed E-state index contributed by atoms with van der Waals surface area (Å²) >= 11 is 0. The van der Waals surface area contributed by atoms with Crippen LogP contribution in [-0.4, -0.2) is 29.3 Å². The molecular formula is C20H19F3N4O3. The maximum atomic E-state index is 12.6. The summed E-state index contributed by atoms with van der Waals surface area (Å²) < 4.78 is 40.5. The molecule has 0 aliphatic heterocycles. The molecule has 0 aliphatic rings. The largest absolute Gasteiger partial charge is 0.573 e. The minimum absolute atomic E-state index is 0.0515. The summed E-state index contributed by atoms with van der Waals surface area (Å²) in [6, 6.07) is 10.9. The van der Waals surface area contributed by atoms with Crippen LogP contribution in [-0.2, 0) is 17.8 Å². The van der Waals surface area contributed by atoms with Gasteiger partial charge in [-0.2, -0.15) is 0 Å². The number of ether oxygens (including phenoxy) is 1. The van der Waals surface area contributed by atoms with E-state index in [0.717, 1.165) is 28.6 Å². The SMILES string of the molecule is NC(=O)NC(Cc1c[nH]c2ccccc12)C(=O)NCc1ccc(OC(F)(F)F)cc1. The van der Waals surface area contributed by atoms with E-state index >= 15 is 0 Å². The average Bonchev–Trinajstić information content (AvgIpc) is 3.08. The lowest BCUT2D eigenvalue weighted by Gasteiger charge is -2.17. The standard InChI is InChI=1S/C20H19F3N4O3/c21-20(22,23)30-14-7-5-12(6-8-14)10-26-18(28)17(27-19(24)29)9-13-11-25-16-4-2-1-3-15(13)16/h1-8,11,17,25H,9-10H2,(H,26,28)(H3,24,27,29). The Labute approximate surface area is 169 Å². The molecule has 0 radical (unpaired) electrons. The number of hydrogen-bond acceptors (Lipinski definition) is 3. The Balaban J connectivity index is 1.65. The first-order valence-electron chi connectivity index (χ1n) is 8.94. The third-order valence-corrected chi connectivity index (χ3v) is 4.36. The number of aromatic amines is 1. The van der Waals surface area contributed by atoms with Gasteiger partial charge < -0.3 is 26.1 Å². The van der Waals surface area contributed by atoms with Crippen LogP contribution in [0.15, 0.2) is 54.7 Å². The van der Waals surface area contributed by atoms with E-state index in [2.05, 4.69) is 20.4 Å². The lowest BCUT2D eigenvalue weighted by atomic mass is 10.0. The third-order valence-electron chi connectivity index (χ3n) is 4.36. The highest BCUT2D eigenvalue weighted by atomic mass is 19.4. The van der Waals surface area contributed by atoms with Gasteiger partial charge in [0.2, 0.25) is 5.91 Å². The lowest BCUT2D eigenvalue weighted by molar-refractivity contribution is -0.274. The first kappa shape index (κ1) is 21.0. The van der Waals surface area contributed by atoms with E-state index < -0.39 is 24.3 Å². The highest BCUT2D eigenvalue weighted by molar-refractivity contribution is 5.88. The number of primary amides is 1. The van der Waals surface area contributed by atoms with Crippen molar-refractivity contribution in [1.82, 2.24) is 15.6 Å². The van der Waals surface area contributed by atoms with Crippen molar-refractivity contribution in [1.29, 1.82) is 0 Å². The molecule has 3 aromatic rings. The normalized spacial score (nSPS) is 12.4. The number of urea groups is 1. The molecule has 1 heterocycles. The van der Waals surface area contributed by atoms with Crippen LogP contribution in [0, 0.1) is 0 Å². The number of H-pyrrole nitrogens is 1. The maximum Gasteiger partial charge on any atom is 0.573 e. The van der Waals surface area contributed by atoms with Gasteiger partial charge in [0.05, 0.1) is 0 Å². The molecule has 0 bridgehead atoms. The molecule has 0 spiro atoms. The number of rotatable bonds is 7. The molecule has 1 unspecified atom stereocenters. The molecule has 10 heteroatoms. The Kier molecular flexibility index (Phi) is 6.14. The van der Waals surface area contributed by atoms with Crippen LogP contribution < -0.4 is 21.1 Å². The monoisotopic (exact) mass is 420 g/mol. The van der Waals surface area contributed by atoms with Crippen molar-refractivity contribution < 1.29 is 27.5 Å². The summed E-state index contributed by atoms with van der Waals surface area (Å²) in [4.78, 5) is 27.1. The van der Waals surface area contributed by atoms with E-state index in [1.54, 1.807) is 6.20 Å². The van der Waals surface area contributed by atoms with Crippen molar-refractivity contribution in [2.45, 2.75) is 25.4 Å². The summed E-state index contributed by atoms with van der Waals surface area (Å²) in [6.07, 6.45) is -2.81. The van der Waals surface area contributed by atoms with Crippen molar-refractivity contribution in [2.24, 2.45) is 5.73 Å². The Hall–Kier alpha value is -3.69. The molecule has 30 heavy (non-hydrogen) atoms. The van der Waals surface area contributed by atoms with Gasteiger partial charge in [0.15, 0.2) is 0 Å². The van der Waals surface area contributed by atoms with Crippen molar-refractivity contribution in [3.05, 3.63) is 65.9 Å². The summed E-state index contributed by atoms with van der Waals surface area (Å²) in [6.45, 7) is 0.0515. The number of fused-ring (bicyclic) bond motifs is 1. The Morgan fingerprint density at radius 1 is 1.10 bits per heavy atom. The number of carbonyl (C=O) groups excluding carboxylic acids is 2. The second-order valence-electron chi connectivity index (χ2n) is 6.53. The molecule has 3 amide bonds. The number of hydrogen-bond donors (Lipinski definition) is 4. The fourth-order valence-corrected chi connectivity index (χ4v) is 3.02. The molecule has 1 atom stereocenters. The number of nitrogens with one attached hydrogen (secondary N) is 3. The second kappa shape index (κ2) is 8.76. The number of carbonyl (C=O) groups is 2. The molecule has 2 aromatic carbocycles. The van der Waals surface area contributed by atoms with Crippen LogP contribution in [0.3, 0.4) is 0 Å². The Morgan fingerprint density at radius 3 is 2.47 bits per heavy atom. The van der Waals surface area contributed by atoms with Gasteiger partial charge in [0.1, 0.15) is 11.8 Å². The molecular weight excluding hydrogens is 401 g/mol. The molecule has 0 aliphatic carbocycles. The van der Waals surface area contributed by atoms with E-state index in [1.807, 2.05) is 24.3 Å². The van der Waals surface area contributed by atoms with Crippen LogP contribution in [0.4, 0.5) is 18.0 Å². The van der Waals surface area contributed by atoms with E-state index in [9.17, 15) is 22.8 Å². The van der Waals surface area contributed by atoms with Gasteiger partial charge in [-0.3, -0.25) is 4.79 Å². The van der Waals surface area contributed by atoms with Crippen molar-refractivity contribution in [3.8, 4) is 5.75 Å². The zero-order valence-electron chi connectivity index (χ0n) is 15.6. The summed E-state index contributed by atoms with van der Waals surface area (Å²) in [7, 11) is 0. The lowest BCUT2D eigenvalue weighted by Crippen LogP contribution is -2.49. The van der Waals surface area contributed by atoms with Crippen molar-refractivity contribution >= 4 is 22.8 Å². The van der Waals surface area contributed by atoms with Gasteiger partial charge in [0.25, 0.3) is 0 Å². The molecule has 0 fully saturated rings. The summed E-state index contributed by atoms with van der Waals surface area (Å²) in [5.74, 6) is -0.833. The topological polar surface area (TPSA) is 109 Å². The predicted molar refractivity (Wildman–Crippen MR) is 103 cm³/mol. The number of para-hydroxylation sites is 1. The van der Waals surface area contributed by atoms with Crippen LogP contribution >= 0.6 is 0 Å². The van der Waals surface area contributed by atoms with Gasteiger partial charge >= 0.3 is 12.4 Å². The van der Waals surface area contributed by atoms with Gasteiger partial charge in [0, 0.05) is 30.1 Å². The zero-order valence-corrected chi connectivity index (χ0v) is 15.6. The fraction of sp³-hybridized carbons (Fsp3) is 0.200. The highest BCUT2D eigenvalue weighted by Crippen LogP contribution is 2.23. The van der Waals surface area contributed by atoms with Gasteiger partial charge in [-0.1, -0.05) is 30.3 Å².